The molecule has 0 bridgehead atoms. The number of nitrogens with two attached hydrogens (primary N) is 4. The van der Waals surface area contributed by atoms with Gasteiger partial charge in [0.05, 0.1) is 108 Å². The van der Waals surface area contributed by atoms with E-state index in [-0.39, 0.29) is 58.6 Å². The summed E-state index contributed by atoms with van der Waals surface area (Å²) in [5.41, 5.74) is 29.1. The van der Waals surface area contributed by atoms with Gasteiger partial charge in [-0.3, -0.25) is 23.7 Å². The number of benzene rings is 2. The average molecular weight is 1900 g/mol. The number of nitrogen functional groups attached to an aromatic ring is 4. The first-order valence-electron chi connectivity index (χ1n) is 40.7. The highest BCUT2D eigenvalue weighted by atomic mass is 79.9. The Bertz CT molecular complexity index is 6270. The quantitative estimate of drug-likeness (QED) is 0.0253. The van der Waals surface area contributed by atoms with Crippen molar-refractivity contribution in [2.75, 3.05) is 87.2 Å². The molecule has 690 valence electrons. The number of carboxylic acid groups (broad SMARTS) is 1. The molecule has 0 spiro atoms. The lowest BCUT2D eigenvalue weighted by molar-refractivity contribution is -0.141. The molecular formula is C86H95BrClF7N28O8. The Morgan fingerprint density at radius 2 is 1.01 bits per heavy atom. The molecule has 2 atom stereocenters. The van der Waals surface area contributed by atoms with Gasteiger partial charge in [-0.25, -0.2) is 67.1 Å². The lowest BCUT2D eigenvalue weighted by atomic mass is 10.1. The van der Waals surface area contributed by atoms with E-state index < -0.39 is 66.3 Å². The molecule has 15 heterocycles. The number of halogens is 9. The number of alkyl halides is 7. The van der Waals surface area contributed by atoms with E-state index in [2.05, 4.69) is 97.1 Å². The van der Waals surface area contributed by atoms with E-state index >= 15 is 0 Å². The second-order valence-electron chi connectivity index (χ2n) is 29.8. The molecule has 2 amide bonds. The summed E-state index contributed by atoms with van der Waals surface area (Å²) in [6, 6.07) is 29.9. The summed E-state index contributed by atoms with van der Waals surface area (Å²) >= 11 is 9.62. The summed E-state index contributed by atoms with van der Waals surface area (Å²) in [6.45, 7) is 17.2. The Balaban J connectivity index is 0.000000171. The number of ether oxygens (including phenoxy) is 4. The molecule has 17 rings (SSSR count). The number of likely N-dealkylation sites (tertiary alicyclic amines) is 2. The van der Waals surface area contributed by atoms with E-state index in [1.165, 1.54) is 62.1 Å². The number of carbonyl (C=O) groups excluding carboxylic acids is 2. The van der Waals surface area contributed by atoms with E-state index in [0.717, 1.165) is 80.7 Å². The van der Waals surface area contributed by atoms with Gasteiger partial charge >= 0.3 is 12.1 Å². The molecule has 131 heavy (non-hydrogen) atoms. The van der Waals surface area contributed by atoms with Gasteiger partial charge in [0.25, 0.3) is 24.7 Å². The van der Waals surface area contributed by atoms with Crippen LogP contribution in [-0.2, 0) is 36.2 Å². The Labute approximate surface area is 760 Å². The third-order valence-electron chi connectivity index (χ3n) is 20.6. The predicted molar refractivity (Wildman–Crippen MR) is 479 cm³/mol. The van der Waals surface area contributed by atoms with Crippen LogP contribution in [0.2, 0.25) is 5.15 Å². The van der Waals surface area contributed by atoms with Crippen LogP contribution in [0.4, 0.5) is 82.4 Å². The number of amides is 2. The Morgan fingerprint density at radius 1 is 0.557 bits per heavy atom. The number of nitrogens with zero attached hydrogens (tertiary/aromatic N) is 22. The zero-order valence-electron chi connectivity index (χ0n) is 71.6. The van der Waals surface area contributed by atoms with Crippen molar-refractivity contribution in [3.8, 4) is 34.3 Å². The molecule has 4 aliphatic heterocycles. The number of tetrazole rings is 2. The van der Waals surface area contributed by atoms with Crippen LogP contribution in [0.5, 0.6) is 11.5 Å². The molecule has 4 aliphatic rings. The number of rotatable bonds is 17. The number of nitrogens with one attached hydrogen (secondary N) is 2. The maximum Gasteiger partial charge on any atom is 0.434 e. The van der Waals surface area contributed by atoms with Gasteiger partial charge in [0.2, 0.25) is 17.3 Å². The summed E-state index contributed by atoms with van der Waals surface area (Å²) in [4.78, 5) is 82.3. The molecule has 45 heteroatoms. The van der Waals surface area contributed by atoms with Gasteiger partial charge in [-0.15, -0.1) is 20.4 Å². The lowest BCUT2D eigenvalue weighted by Gasteiger charge is -2.25. The minimum absolute atomic E-state index is 0. The van der Waals surface area contributed by atoms with Crippen LogP contribution in [0.15, 0.2) is 114 Å². The number of pyridine rings is 7. The van der Waals surface area contributed by atoms with Crippen LogP contribution in [-0.4, -0.2) is 181 Å². The molecule has 13 aromatic rings. The van der Waals surface area contributed by atoms with Gasteiger partial charge in [0, 0.05) is 67.7 Å². The van der Waals surface area contributed by atoms with Crippen LogP contribution in [0.3, 0.4) is 0 Å². The summed E-state index contributed by atoms with van der Waals surface area (Å²) in [6.07, 6.45) is -3.05. The second-order valence-corrected chi connectivity index (χ2v) is 31.1. The molecule has 36 nitrogen and oxygen atoms in total. The van der Waals surface area contributed by atoms with E-state index in [1.54, 1.807) is 76.5 Å². The number of fused-ring (bicyclic) bond motifs is 2. The van der Waals surface area contributed by atoms with Gasteiger partial charge in [0.1, 0.15) is 51.9 Å². The number of aromatic carboxylic acids is 1. The molecule has 11 aromatic heterocycles. The molecule has 4 fully saturated rings. The highest BCUT2D eigenvalue weighted by Crippen LogP contribution is 2.44. The van der Waals surface area contributed by atoms with Gasteiger partial charge in [-0.05, 0) is 203 Å². The molecule has 11 N–H and O–H groups in total. The Morgan fingerprint density at radius 3 is 1.44 bits per heavy atom. The summed E-state index contributed by atoms with van der Waals surface area (Å²) in [7, 11) is 6.37. The maximum atomic E-state index is 14.6. The number of anilines is 8. The summed E-state index contributed by atoms with van der Waals surface area (Å²) in [5, 5.41) is 39.8. The fourth-order valence-corrected chi connectivity index (χ4v) is 15.0. The molecule has 0 saturated carbocycles. The first kappa shape index (κ1) is 97.7. The standard InChI is InChI=1S/C33H36F2N10O3.C21H21ClF2N8O2.C11H12F3N3O.C7H7N3.C7H8N2O2.C6H7BrN2.CH4/c1-19-22(33(46)44-14-5-6-15-44)13-12-20(36-19)17-21-18-25(38-24-10-8-9-23(28(24)47-3)30-40-42-43(2)41-30)27-31(37-21)45(32(39-27)29(34)35)26-11-4-7-16-48-26;1-31-29-19(28-30-31)11-6-5-7-12(17(11)33-2)25-13-10-14(22)26-20-16(13)27-21(18(23)24)32(20)15-8-3-4-9-34-15;12-11(13,14)9-7(3-4-8(15)16-9)10(18)17-5-1-2-6-17;1-5-6(9-2)3-4-7(8)10-5;1-4-5(7(10)11)2-3-6(8)9-4;1-4-5(7)2-3-6(8)9-4;/h8-10,12-13,18,26,29H,4-7,11,14-17H2,1-3H3,(H,37,38);5-7,10,15,18H,3-4,8-9H2,1-2H3,(H,25,26);3-4H,1-2,5-6H2,(H2,15,16);3-4H,1H3,(H2,8,10);2-3H,1H3,(H2,8,9)(H,10,11);2-3H,1H3,(H2,8,9);1H4. The van der Waals surface area contributed by atoms with Crippen LogP contribution in [0.1, 0.15) is 180 Å². The number of methoxy groups -OCH3 is 2. The third kappa shape index (κ3) is 24.0. The van der Waals surface area contributed by atoms with Crippen molar-refractivity contribution in [3.63, 3.8) is 0 Å². The van der Waals surface area contributed by atoms with E-state index in [0.29, 0.717) is 153 Å². The Hall–Kier alpha value is -13.9. The molecule has 0 aliphatic carbocycles. The van der Waals surface area contributed by atoms with Crippen molar-refractivity contribution < 1.29 is 69.2 Å². The van der Waals surface area contributed by atoms with Crippen LogP contribution >= 0.6 is 27.5 Å². The number of hydrogen-bond acceptors (Lipinski definition) is 28. The van der Waals surface area contributed by atoms with Crippen molar-refractivity contribution in [1.82, 2.24) is 104 Å². The van der Waals surface area contributed by atoms with Crippen molar-refractivity contribution in [2.24, 2.45) is 14.1 Å². The van der Waals surface area contributed by atoms with E-state index in [4.69, 9.17) is 75.1 Å². The first-order valence-corrected chi connectivity index (χ1v) is 41.9. The second kappa shape index (κ2) is 43.9. The molecule has 2 aromatic carbocycles. The first-order chi connectivity index (χ1) is 62.2. The zero-order chi connectivity index (χ0) is 93.4. The highest BCUT2D eigenvalue weighted by Gasteiger charge is 2.40. The monoisotopic (exact) mass is 1890 g/mol. The molecular weight excluding hydrogens is 1800 g/mol. The molecule has 4 saturated heterocycles. The SMILES string of the molecule is C.COc1c(Nc2cc(Cc3ccc(C(=O)N4CCCC4)c(C)n3)nc3c2nc(C(F)F)n3C2CCCCO2)cccc1-c1nnn(C)n1.COc1c(Nc2cc(Cl)nc3c2nc(C(F)F)n3C2CCCCO2)cccc1-c1nnn(C)n1.Cc1nc(N)ccc1Br.Cc1nc(N)ccc1C(=O)O.Nc1ccc(C(=O)N2CCCC2)c(C(F)(F)F)n1.[C-]#[N+]c1ccc(N)nc1C. The van der Waals surface area contributed by atoms with Crippen LogP contribution < -0.4 is 43.0 Å². The average Bonchev–Trinajstić information content (AvgIpc) is 1.60. The fourth-order valence-electron chi connectivity index (χ4n) is 14.6. The molecule has 0 radical (unpaired) electrons. The minimum Gasteiger partial charge on any atom is -0.494 e. The van der Waals surface area contributed by atoms with Crippen LogP contribution in [0, 0.1) is 34.3 Å². The van der Waals surface area contributed by atoms with Crippen molar-refractivity contribution in [3.05, 3.63) is 198 Å². The fraction of sp³-hybridized carbons (Fsp3) is 0.360. The minimum atomic E-state index is -4.68. The van der Waals surface area contributed by atoms with Gasteiger partial charge < -0.3 is 67.4 Å². The highest BCUT2D eigenvalue weighted by molar-refractivity contribution is 9.10. The molecule has 2 unspecified atom stereocenters. The number of para-hydroxylation sites is 2. The number of aryl methyl sites for hydroxylation is 6. The van der Waals surface area contributed by atoms with Gasteiger partial charge in [-0.2, -0.15) is 22.8 Å². The Kier molecular flexibility index (Phi) is 32.7. The van der Waals surface area contributed by atoms with Gasteiger partial charge in [0.15, 0.2) is 40.1 Å². The third-order valence-corrected chi connectivity index (χ3v) is 21.7. The van der Waals surface area contributed by atoms with E-state index in [1.807, 2.05) is 49.1 Å². The topological polar surface area (TPSA) is 460 Å². The summed E-state index contributed by atoms with van der Waals surface area (Å²) in [5.74, 6) is 0.300. The van der Waals surface area contributed by atoms with Crippen LogP contribution in [0.25, 0.3) is 49.9 Å². The van der Waals surface area contributed by atoms with E-state index in [9.17, 15) is 45.1 Å². The number of hydrogen-bond donors (Lipinski definition) is 7. The zero-order valence-corrected chi connectivity index (χ0v) is 73.9. The lowest BCUT2D eigenvalue weighted by Crippen LogP contribution is -2.30. The largest absolute Gasteiger partial charge is 0.494 e. The smallest absolute Gasteiger partial charge is 0.434 e. The number of carboxylic acids is 1. The number of carbonyl (C=O) groups is 3. The number of aromatic nitrogens is 19. The summed E-state index contributed by atoms with van der Waals surface area (Å²) < 4.78 is 122. The van der Waals surface area contributed by atoms with Crippen molar-refractivity contribution in [1.29, 1.82) is 0 Å². The normalized spacial score (nSPS) is 14.7. The van der Waals surface area contributed by atoms with Crippen molar-refractivity contribution >= 4 is 119 Å². The maximum absolute atomic E-state index is 14.6. The van der Waals surface area contributed by atoms with Crippen molar-refractivity contribution in [2.45, 2.75) is 137 Å². The number of imidazole rings is 2. The predicted octanol–water partition coefficient (Wildman–Crippen LogP) is 16.7. The van der Waals surface area contributed by atoms with Gasteiger partial charge in [-0.1, -0.05) is 37.2 Å².